The quantitative estimate of drug-likeness (QED) is 0.840. The van der Waals surface area contributed by atoms with Crippen LogP contribution in [0.3, 0.4) is 0 Å². The van der Waals surface area contributed by atoms with Crippen molar-refractivity contribution in [2.75, 3.05) is 11.1 Å². The minimum Gasteiger partial charge on any atom is -0.315 e. The molecule has 2 aromatic rings. The molecular formula is C20H23N3O2S2. The number of carbonyl (C=O) groups is 2. The third kappa shape index (κ3) is 3.17. The average molecular weight is 402 g/mol. The molecule has 0 spiro atoms. The molecule has 5 nitrogen and oxygen atoms in total. The Morgan fingerprint density at radius 3 is 2.70 bits per heavy atom. The number of carbonyl (C=O) groups excluding carboxylic acids is 2. The number of hydrogen-bond donors (Lipinski definition) is 1. The van der Waals surface area contributed by atoms with Gasteiger partial charge in [-0.2, -0.15) is 0 Å². The molecule has 2 fully saturated rings. The van der Waals surface area contributed by atoms with E-state index < -0.39 is 6.04 Å². The lowest BCUT2D eigenvalue weighted by atomic mass is 9.98. The highest BCUT2D eigenvalue weighted by atomic mass is 32.2. The number of rotatable bonds is 3. The summed E-state index contributed by atoms with van der Waals surface area (Å²) in [7, 11) is 0. The molecule has 2 aliphatic rings. The van der Waals surface area contributed by atoms with Crippen molar-refractivity contribution in [2.24, 2.45) is 0 Å². The van der Waals surface area contributed by atoms with E-state index >= 15 is 0 Å². The van der Waals surface area contributed by atoms with E-state index in [1.165, 1.54) is 28.0 Å². The molecule has 1 aromatic heterocycles. The van der Waals surface area contributed by atoms with Gasteiger partial charge in [0.05, 0.1) is 10.6 Å². The summed E-state index contributed by atoms with van der Waals surface area (Å²) in [6.45, 7) is 8.31. The van der Waals surface area contributed by atoms with Crippen molar-refractivity contribution in [2.45, 2.75) is 51.4 Å². The SMILES string of the molecule is Cc1cc(C)c(-c2csc(NC(=O)[C@H]3CS[C@@]4(C)CCC(=O)N34)n2)c(C)c1. The number of thioether (sulfide) groups is 1. The molecule has 4 rings (SSSR count). The van der Waals surface area contributed by atoms with Crippen molar-refractivity contribution in [3.05, 3.63) is 34.2 Å². The van der Waals surface area contributed by atoms with Gasteiger partial charge in [-0.25, -0.2) is 4.98 Å². The fourth-order valence-electron chi connectivity index (χ4n) is 4.23. The van der Waals surface area contributed by atoms with Gasteiger partial charge in [-0.05, 0) is 45.2 Å². The van der Waals surface area contributed by atoms with Gasteiger partial charge in [0.2, 0.25) is 11.8 Å². The summed E-state index contributed by atoms with van der Waals surface area (Å²) in [4.78, 5) is 31.2. The Kier molecular flexibility index (Phi) is 4.55. The van der Waals surface area contributed by atoms with Gasteiger partial charge in [0, 0.05) is 23.1 Å². The number of anilines is 1. The van der Waals surface area contributed by atoms with Gasteiger partial charge in [-0.1, -0.05) is 17.7 Å². The predicted octanol–water partition coefficient (Wildman–Crippen LogP) is 4.13. The van der Waals surface area contributed by atoms with E-state index in [4.69, 9.17) is 0 Å². The van der Waals surface area contributed by atoms with Crippen LogP contribution in [-0.4, -0.2) is 38.4 Å². The normalized spacial score (nSPS) is 24.4. The minimum atomic E-state index is -0.412. The summed E-state index contributed by atoms with van der Waals surface area (Å²) in [6, 6.07) is 3.88. The monoisotopic (exact) mass is 401 g/mol. The van der Waals surface area contributed by atoms with Crippen molar-refractivity contribution in [1.29, 1.82) is 0 Å². The van der Waals surface area contributed by atoms with Crippen LogP contribution >= 0.6 is 23.1 Å². The maximum absolute atomic E-state index is 12.8. The molecule has 0 bridgehead atoms. The molecule has 0 radical (unpaired) electrons. The molecule has 0 saturated carbocycles. The predicted molar refractivity (Wildman–Crippen MR) is 111 cm³/mol. The van der Waals surface area contributed by atoms with E-state index in [-0.39, 0.29) is 16.7 Å². The second-order valence-electron chi connectivity index (χ2n) is 7.57. The Morgan fingerprint density at radius 2 is 2.00 bits per heavy atom. The topological polar surface area (TPSA) is 62.3 Å². The van der Waals surface area contributed by atoms with Crippen molar-refractivity contribution >= 4 is 40.0 Å². The fraction of sp³-hybridized carbons (Fsp3) is 0.450. The molecule has 142 valence electrons. The fourth-order valence-corrected chi connectivity index (χ4v) is 6.37. The van der Waals surface area contributed by atoms with Crippen LogP contribution in [0.15, 0.2) is 17.5 Å². The summed E-state index contributed by atoms with van der Waals surface area (Å²) < 4.78 is 0. The first-order valence-corrected chi connectivity index (χ1v) is 11.0. The van der Waals surface area contributed by atoms with Crippen molar-refractivity contribution in [3.63, 3.8) is 0 Å². The lowest BCUT2D eigenvalue weighted by Gasteiger charge is -2.29. The highest BCUT2D eigenvalue weighted by Gasteiger charge is 2.52. The van der Waals surface area contributed by atoms with Crippen LogP contribution in [0, 0.1) is 20.8 Å². The second-order valence-corrected chi connectivity index (χ2v) is 9.93. The largest absolute Gasteiger partial charge is 0.315 e. The Hall–Kier alpha value is -1.86. The van der Waals surface area contributed by atoms with E-state index in [9.17, 15) is 9.59 Å². The molecule has 7 heteroatoms. The first kappa shape index (κ1) is 18.5. The number of hydrogen-bond acceptors (Lipinski definition) is 5. The maximum Gasteiger partial charge on any atom is 0.249 e. The zero-order valence-electron chi connectivity index (χ0n) is 16.0. The highest BCUT2D eigenvalue weighted by Crippen LogP contribution is 2.47. The molecule has 2 amide bonds. The van der Waals surface area contributed by atoms with E-state index in [1.807, 2.05) is 5.38 Å². The van der Waals surface area contributed by atoms with Crippen LogP contribution in [0.2, 0.25) is 0 Å². The van der Waals surface area contributed by atoms with E-state index in [0.717, 1.165) is 17.7 Å². The number of amides is 2. The summed E-state index contributed by atoms with van der Waals surface area (Å²) in [6.07, 6.45) is 1.34. The van der Waals surface area contributed by atoms with Gasteiger partial charge < -0.3 is 10.2 Å². The lowest BCUT2D eigenvalue weighted by molar-refractivity contribution is -0.135. The smallest absolute Gasteiger partial charge is 0.249 e. The molecule has 0 unspecified atom stereocenters. The molecular weight excluding hydrogens is 378 g/mol. The molecule has 2 atom stereocenters. The Morgan fingerprint density at radius 1 is 1.30 bits per heavy atom. The summed E-state index contributed by atoms with van der Waals surface area (Å²) in [5, 5.41) is 5.50. The highest BCUT2D eigenvalue weighted by molar-refractivity contribution is 8.01. The first-order valence-electron chi connectivity index (χ1n) is 9.09. The van der Waals surface area contributed by atoms with E-state index in [2.05, 4.69) is 50.1 Å². The lowest BCUT2D eigenvalue weighted by Crippen LogP contribution is -2.48. The Balaban J connectivity index is 1.54. The van der Waals surface area contributed by atoms with Gasteiger partial charge in [0.1, 0.15) is 6.04 Å². The molecule has 2 aliphatic heterocycles. The number of thiazole rings is 1. The van der Waals surface area contributed by atoms with Gasteiger partial charge in [-0.15, -0.1) is 23.1 Å². The maximum atomic E-state index is 12.8. The van der Waals surface area contributed by atoms with Crippen LogP contribution in [0.5, 0.6) is 0 Å². The van der Waals surface area contributed by atoms with Gasteiger partial charge >= 0.3 is 0 Å². The van der Waals surface area contributed by atoms with Gasteiger partial charge in [-0.3, -0.25) is 9.59 Å². The summed E-state index contributed by atoms with van der Waals surface area (Å²) >= 11 is 3.13. The number of fused-ring (bicyclic) bond motifs is 1. The van der Waals surface area contributed by atoms with Crippen LogP contribution in [-0.2, 0) is 9.59 Å². The Bertz CT molecular complexity index is 916. The summed E-state index contributed by atoms with van der Waals surface area (Å²) in [5.74, 6) is 0.579. The molecule has 1 aromatic carbocycles. The molecule has 3 heterocycles. The molecule has 1 N–H and O–H groups in total. The molecule has 27 heavy (non-hydrogen) atoms. The van der Waals surface area contributed by atoms with Crippen molar-refractivity contribution in [3.8, 4) is 11.3 Å². The third-order valence-corrected chi connectivity index (χ3v) is 7.68. The number of nitrogens with zero attached hydrogens (tertiary/aromatic N) is 2. The van der Waals surface area contributed by atoms with Crippen LogP contribution in [0.4, 0.5) is 5.13 Å². The first-order chi connectivity index (χ1) is 12.8. The van der Waals surface area contributed by atoms with E-state index in [0.29, 0.717) is 17.3 Å². The number of aryl methyl sites for hydroxylation is 3. The molecule has 2 saturated heterocycles. The molecule has 0 aliphatic carbocycles. The van der Waals surface area contributed by atoms with Crippen LogP contribution in [0.1, 0.15) is 36.5 Å². The second kappa shape index (κ2) is 6.63. The van der Waals surface area contributed by atoms with Gasteiger partial charge in [0.25, 0.3) is 0 Å². The van der Waals surface area contributed by atoms with E-state index in [1.54, 1.807) is 16.7 Å². The number of aromatic nitrogens is 1. The minimum absolute atomic E-state index is 0.0772. The standard InChI is InChI=1S/C20H23N3O2S2/c1-11-7-12(2)17(13(3)8-11)14-9-26-19(21-14)22-18(25)15-10-27-20(4)6-5-16(24)23(15)20/h7-9,15H,5-6,10H2,1-4H3,(H,21,22,25)/t15-,20+/m1/s1. The number of nitrogens with one attached hydrogen (secondary N) is 1. The van der Waals surface area contributed by atoms with Gasteiger partial charge in [0.15, 0.2) is 5.13 Å². The average Bonchev–Trinajstić information content (AvgIpc) is 3.23. The number of benzene rings is 1. The van der Waals surface area contributed by atoms with Crippen molar-refractivity contribution in [1.82, 2.24) is 9.88 Å². The van der Waals surface area contributed by atoms with Crippen molar-refractivity contribution < 1.29 is 9.59 Å². The zero-order valence-corrected chi connectivity index (χ0v) is 17.6. The van der Waals surface area contributed by atoms with Crippen LogP contribution in [0.25, 0.3) is 11.3 Å². The summed E-state index contributed by atoms with van der Waals surface area (Å²) in [5.41, 5.74) is 5.60. The van der Waals surface area contributed by atoms with Crippen LogP contribution < -0.4 is 5.32 Å². The zero-order chi connectivity index (χ0) is 19.3. The third-order valence-electron chi connectivity index (χ3n) is 5.41. The Labute approximate surface area is 167 Å².